The monoisotopic (exact) mass is 399 g/mol. The normalized spacial score (nSPS) is 13.8. The van der Waals surface area contributed by atoms with Gasteiger partial charge in [-0.3, -0.25) is 4.79 Å². The van der Waals surface area contributed by atoms with Gasteiger partial charge in [0.25, 0.3) is 0 Å². The molecule has 0 saturated heterocycles. The van der Waals surface area contributed by atoms with Gasteiger partial charge >= 0.3 is 0 Å². The molecular formula is C21H25N3O5. The van der Waals surface area contributed by atoms with E-state index in [2.05, 4.69) is 16.2 Å². The Labute approximate surface area is 168 Å². The molecule has 8 heteroatoms. The molecule has 1 amide bonds. The summed E-state index contributed by atoms with van der Waals surface area (Å²) in [5.74, 6) is -0.151. The fourth-order valence-corrected chi connectivity index (χ4v) is 2.66. The molecule has 8 nitrogen and oxygen atoms in total. The lowest BCUT2D eigenvalue weighted by atomic mass is 10.0. The maximum Gasteiger partial charge on any atom is 0.239 e. The van der Waals surface area contributed by atoms with Crippen LogP contribution in [0.25, 0.3) is 0 Å². The van der Waals surface area contributed by atoms with Gasteiger partial charge in [-0.15, -0.1) is 0 Å². The lowest BCUT2D eigenvalue weighted by molar-refractivity contribution is -0.126. The third kappa shape index (κ3) is 7.36. The van der Waals surface area contributed by atoms with E-state index in [1.807, 2.05) is 0 Å². The molecule has 0 aliphatic rings. The van der Waals surface area contributed by atoms with Gasteiger partial charge in [-0.2, -0.15) is 0 Å². The number of rotatable bonds is 11. The quantitative estimate of drug-likeness (QED) is 0.277. The zero-order valence-electron chi connectivity index (χ0n) is 16.0. The van der Waals surface area contributed by atoms with E-state index in [1.54, 1.807) is 31.2 Å². The predicted octanol–water partition coefficient (Wildman–Crippen LogP) is 0.617. The molecule has 154 valence electrons. The van der Waals surface area contributed by atoms with Crippen LogP contribution in [0.1, 0.15) is 18.1 Å². The summed E-state index contributed by atoms with van der Waals surface area (Å²) in [4.78, 5) is 34.9. The Bertz CT molecular complexity index is 808. The van der Waals surface area contributed by atoms with Crippen LogP contribution in [-0.4, -0.2) is 46.8 Å². The summed E-state index contributed by atoms with van der Waals surface area (Å²) in [6.45, 7) is 1.56. The molecule has 0 aliphatic heterocycles. The molecule has 2 aromatic rings. The molecule has 0 heterocycles. The van der Waals surface area contributed by atoms with Gasteiger partial charge in [0.15, 0.2) is 0 Å². The van der Waals surface area contributed by atoms with Gasteiger partial charge < -0.3 is 25.1 Å². The molecule has 2 rings (SSSR count). The number of phenols is 2. The average Bonchev–Trinajstić information content (AvgIpc) is 2.72. The summed E-state index contributed by atoms with van der Waals surface area (Å²) >= 11 is 0. The van der Waals surface area contributed by atoms with Gasteiger partial charge in [0.2, 0.25) is 5.91 Å². The number of aldehydes is 2. The van der Waals surface area contributed by atoms with Crippen LogP contribution in [0, 0.1) is 0 Å². The Balaban J connectivity index is 2.04. The van der Waals surface area contributed by atoms with Crippen LogP contribution in [0.4, 0.5) is 0 Å². The Hall–Kier alpha value is -3.23. The summed E-state index contributed by atoms with van der Waals surface area (Å²) in [7, 11) is 0. The molecule has 29 heavy (non-hydrogen) atoms. The van der Waals surface area contributed by atoms with Crippen LogP contribution < -0.4 is 16.2 Å². The highest BCUT2D eigenvalue weighted by Crippen LogP contribution is 2.12. The molecule has 0 bridgehead atoms. The molecular weight excluding hydrogens is 374 g/mol. The molecule has 5 N–H and O–H groups in total. The number of hydrogen-bond acceptors (Lipinski definition) is 7. The smallest absolute Gasteiger partial charge is 0.239 e. The Kier molecular flexibility index (Phi) is 8.32. The van der Waals surface area contributed by atoms with E-state index in [9.17, 15) is 24.6 Å². The maximum absolute atomic E-state index is 12.5. The fraction of sp³-hybridized carbons (Fsp3) is 0.286. The number of benzene rings is 2. The van der Waals surface area contributed by atoms with Crippen molar-refractivity contribution < 1.29 is 24.6 Å². The fourth-order valence-electron chi connectivity index (χ4n) is 2.66. The van der Waals surface area contributed by atoms with Crippen LogP contribution in [0.15, 0.2) is 48.5 Å². The van der Waals surface area contributed by atoms with Gasteiger partial charge in [-0.1, -0.05) is 24.3 Å². The van der Waals surface area contributed by atoms with Crippen molar-refractivity contribution in [2.45, 2.75) is 37.9 Å². The zero-order chi connectivity index (χ0) is 21.2. The van der Waals surface area contributed by atoms with Crippen molar-refractivity contribution in [2.24, 2.45) is 0 Å². The second-order valence-electron chi connectivity index (χ2n) is 6.76. The lowest BCUT2D eigenvalue weighted by Crippen LogP contribution is -2.56. The van der Waals surface area contributed by atoms with Gasteiger partial charge in [0.1, 0.15) is 30.1 Å². The first kappa shape index (κ1) is 22.1. The van der Waals surface area contributed by atoms with Crippen LogP contribution in [0.3, 0.4) is 0 Å². The molecule has 3 atom stereocenters. The molecule has 0 aliphatic carbocycles. The topological polar surface area (TPSA) is 128 Å². The van der Waals surface area contributed by atoms with Crippen molar-refractivity contribution in [1.82, 2.24) is 16.2 Å². The summed E-state index contributed by atoms with van der Waals surface area (Å²) in [6.07, 6.45) is 1.98. The largest absolute Gasteiger partial charge is 0.508 e. The van der Waals surface area contributed by atoms with E-state index in [-0.39, 0.29) is 17.9 Å². The molecule has 0 saturated carbocycles. The van der Waals surface area contributed by atoms with Crippen molar-refractivity contribution in [3.63, 3.8) is 0 Å². The van der Waals surface area contributed by atoms with Crippen molar-refractivity contribution in [1.29, 1.82) is 0 Å². The number of carbonyl (C=O) groups is 3. The highest BCUT2D eigenvalue weighted by atomic mass is 16.3. The van der Waals surface area contributed by atoms with E-state index in [4.69, 9.17) is 0 Å². The number of phenolic OH excluding ortho intramolecular Hbond substituents is 2. The Morgan fingerprint density at radius 2 is 1.38 bits per heavy atom. The third-order valence-corrected chi connectivity index (χ3v) is 4.27. The maximum atomic E-state index is 12.5. The summed E-state index contributed by atoms with van der Waals surface area (Å²) in [5, 5.41) is 21.4. The molecule has 0 spiro atoms. The van der Waals surface area contributed by atoms with Crippen molar-refractivity contribution >= 4 is 18.5 Å². The Morgan fingerprint density at radius 3 is 1.86 bits per heavy atom. The summed E-state index contributed by atoms with van der Waals surface area (Å²) in [5.41, 5.74) is 7.36. The van der Waals surface area contributed by atoms with Gasteiger partial charge in [0, 0.05) is 0 Å². The first-order valence-electron chi connectivity index (χ1n) is 9.19. The van der Waals surface area contributed by atoms with E-state index in [0.717, 1.165) is 17.4 Å². The minimum absolute atomic E-state index is 0.116. The summed E-state index contributed by atoms with van der Waals surface area (Å²) < 4.78 is 0. The Morgan fingerprint density at radius 1 is 0.862 bits per heavy atom. The van der Waals surface area contributed by atoms with Crippen LogP contribution >= 0.6 is 0 Å². The third-order valence-electron chi connectivity index (χ3n) is 4.27. The average molecular weight is 399 g/mol. The SMILES string of the molecule is C[C@@H](C=O)NC(=O)[C@H](Cc1ccc(O)cc1)NN[C@H](C=O)Cc1ccc(O)cc1. The summed E-state index contributed by atoms with van der Waals surface area (Å²) in [6, 6.07) is 10.9. The van der Waals surface area contributed by atoms with E-state index in [0.29, 0.717) is 12.7 Å². The lowest BCUT2D eigenvalue weighted by Gasteiger charge is -2.22. The zero-order valence-corrected chi connectivity index (χ0v) is 16.0. The van der Waals surface area contributed by atoms with Gasteiger partial charge in [0.05, 0.1) is 12.1 Å². The predicted molar refractivity (Wildman–Crippen MR) is 107 cm³/mol. The highest BCUT2D eigenvalue weighted by Gasteiger charge is 2.21. The van der Waals surface area contributed by atoms with Gasteiger partial charge in [-0.25, -0.2) is 10.9 Å². The van der Waals surface area contributed by atoms with Crippen molar-refractivity contribution in [2.75, 3.05) is 0 Å². The first-order valence-corrected chi connectivity index (χ1v) is 9.19. The molecule has 0 radical (unpaired) electrons. The van der Waals surface area contributed by atoms with Crippen LogP contribution in [-0.2, 0) is 27.2 Å². The standard InChI is InChI=1S/C21H25N3O5/c1-14(12-25)22-21(29)20(11-16-4-8-19(28)9-5-16)24-23-17(13-26)10-15-2-6-18(27)7-3-15/h2-9,12-14,17,20,23-24,27-28H,10-11H2,1H3,(H,22,29)/t14-,17-,20-/m0/s1. The minimum Gasteiger partial charge on any atom is -0.508 e. The molecule has 0 aromatic heterocycles. The number of hydrogen-bond donors (Lipinski definition) is 5. The number of hydrazine groups is 1. The molecule has 0 fully saturated rings. The number of carbonyl (C=O) groups excluding carboxylic acids is 3. The number of nitrogens with one attached hydrogen (secondary N) is 3. The highest BCUT2D eigenvalue weighted by molar-refractivity contribution is 5.84. The number of amides is 1. The van der Waals surface area contributed by atoms with E-state index in [1.165, 1.54) is 24.3 Å². The van der Waals surface area contributed by atoms with Crippen LogP contribution in [0.2, 0.25) is 0 Å². The molecule has 2 aromatic carbocycles. The van der Waals surface area contributed by atoms with Gasteiger partial charge in [-0.05, 0) is 55.2 Å². The first-order chi connectivity index (χ1) is 13.9. The van der Waals surface area contributed by atoms with E-state index >= 15 is 0 Å². The second kappa shape index (κ2) is 10.9. The van der Waals surface area contributed by atoms with Crippen molar-refractivity contribution in [3.05, 3.63) is 59.7 Å². The van der Waals surface area contributed by atoms with E-state index < -0.39 is 24.0 Å². The van der Waals surface area contributed by atoms with Crippen LogP contribution in [0.5, 0.6) is 11.5 Å². The number of aromatic hydroxyl groups is 2. The minimum atomic E-state index is -0.760. The van der Waals surface area contributed by atoms with Crippen molar-refractivity contribution in [3.8, 4) is 11.5 Å². The second-order valence-corrected chi connectivity index (χ2v) is 6.76. The molecule has 0 unspecified atom stereocenters.